The number of amides is 1. The molecule has 14 heavy (non-hydrogen) atoms. The number of carbonyl (C=O) groups excluding carboxylic acids is 1. The highest BCUT2D eigenvalue weighted by Gasteiger charge is 2.22. The van der Waals surface area contributed by atoms with Crippen LogP contribution in [0.1, 0.15) is 10.7 Å². The number of rotatable bonds is 3. The van der Waals surface area contributed by atoms with E-state index >= 15 is 0 Å². The molecule has 0 unspecified atom stereocenters. The van der Waals surface area contributed by atoms with Crippen LogP contribution in [0.4, 0.5) is 4.79 Å². The molecule has 1 amide bonds. The number of nitrogens with zero attached hydrogens (tertiary/aromatic N) is 2. The Balaban J connectivity index is 1.99. The SMILES string of the molecule is O=C1OCCN1Cc1nc(CCl)cs1. The molecule has 0 radical (unpaired) electrons. The Bertz CT molecular complexity index is 342. The van der Waals surface area contributed by atoms with Crippen molar-refractivity contribution in [3.05, 3.63) is 16.1 Å². The van der Waals surface area contributed by atoms with Gasteiger partial charge in [-0.25, -0.2) is 9.78 Å². The molecule has 76 valence electrons. The van der Waals surface area contributed by atoms with Crippen LogP contribution >= 0.6 is 22.9 Å². The molecule has 0 atom stereocenters. The summed E-state index contributed by atoms with van der Waals surface area (Å²) in [6.45, 7) is 1.65. The fourth-order valence-electron chi connectivity index (χ4n) is 1.22. The summed E-state index contributed by atoms with van der Waals surface area (Å²) in [5.74, 6) is 0.418. The van der Waals surface area contributed by atoms with Gasteiger partial charge in [-0.3, -0.25) is 4.90 Å². The van der Waals surface area contributed by atoms with Crippen molar-refractivity contribution in [3.8, 4) is 0 Å². The highest BCUT2D eigenvalue weighted by Crippen LogP contribution is 2.15. The molecule has 1 aromatic rings. The van der Waals surface area contributed by atoms with Crippen LogP contribution in [-0.2, 0) is 17.2 Å². The number of cyclic esters (lactones) is 1. The first-order valence-electron chi connectivity index (χ1n) is 4.20. The summed E-state index contributed by atoms with van der Waals surface area (Å²) in [7, 11) is 0. The van der Waals surface area contributed by atoms with Crippen LogP contribution in [0.25, 0.3) is 0 Å². The predicted molar refractivity (Wildman–Crippen MR) is 53.4 cm³/mol. The monoisotopic (exact) mass is 232 g/mol. The molecule has 0 N–H and O–H groups in total. The molecule has 2 heterocycles. The van der Waals surface area contributed by atoms with Crippen LogP contribution in [0.15, 0.2) is 5.38 Å². The minimum absolute atomic E-state index is 0.257. The molecule has 0 bridgehead atoms. The van der Waals surface area contributed by atoms with Gasteiger partial charge in [-0.05, 0) is 0 Å². The lowest BCUT2D eigenvalue weighted by molar-refractivity contribution is 0.157. The van der Waals surface area contributed by atoms with Crippen LogP contribution < -0.4 is 0 Å². The summed E-state index contributed by atoms with van der Waals surface area (Å²) in [5.41, 5.74) is 0.860. The van der Waals surface area contributed by atoms with Gasteiger partial charge in [0.2, 0.25) is 0 Å². The number of hydrogen-bond donors (Lipinski definition) is 0. The van der Waals surface area contributed by atoms with Gasteiger partial charge in [-0.15, -0.1) is 22.9 Å². The lowest BCUT2D eigenvalue weighted by Gasteiger charge is -2.09. The van der Waals surface area contributed by atoms with Crippen molar-refractivity contribution >= 4 is 29.0 Å². The molecular formula is C8H9ClN2O2S. The van der Waals surface area contributed by atoms with Gasteiger partial charge in [-0.1, -0.05) is 0 Å². The molecule has 1 aliphatic rings. The first-order valence-corrected chi connectivity index (χ1v) is 5.62. The van der Waals surface area contributed by atoms with E-state index in [-0.39, 0.29) is 6.09 Å². The fraction of sp³-hybridized carbons (Fsp3) is 0.500. The zero-order valence-electron chi connectivity index (χ0n) is 7.40. The molecule has 2 rings (SSSR count). The molecule has 0 aliphatic carbocycles. The molecule has 1 saturated heterocycles. The highest BCUT2D eigenvalue weighted by molar-refractivity contribution is 7.09. The molecule has 1 fully saturated rings. The Morgan fingerprint density at radius 3 is 3.14 bits per heavy atom. The van der Waals surface area contributed by atoms with Gasteiger partial charge in [0.25, 0.3) is 0 Å². The second-order valence-corrected chi connectivity index (χ2v) is 4.11. The Morgan fingerprint density at radius 1 is 1.71 bits per heavy atom. The van der Waals surface area contributed by atoms with Crippen LogP contribution in [0, 0.1) is 0 Å². The maximum Gasteiger partial charge on any atom is 0.410 e. The number of alkyl halides is 1. The summed E-state index contributed by atoms with van der Waals surface area (Å²) in [6.07, 6.45) is -0.257. The molecule has 1 aliphatic heterocycles. The zero-order chi connectivity index (χ0) is 9.97. The van der Waals surface area contributed by atoms with Crippen LogP contribution in [-0.4, -0.2) is 29.1 Å². The lowest BCUT2D eigenvalue weighted by atomic mass is 10.5. The summed E-state index contributed by atoms with van der Waals surface area (Å²) in [5, 5.41) is 2.81. The third kappa shape index (κ3) is 1.99. The van der Waals surface area contributed by atoms with Crippen molar-refractivity contribution in [1.29, 1.82) is 0 Å². The summed E-state index contributed by atoms with van der Waals surface area (Å²) in [6, 6.07) is 0. The quantitative estimate of drug-likeness (QED) is 0.747. The minimum atomic E-state index is -0.257. The number of carbonyl (C=O) groups is 1. The van der Waals surface area contributed by atoms with Crippen molar-refractivity contribution in [2.24, 2.45) is 0 Å². The number of thiazole rings is 1. The van der Waals surface area contributed by atoms with E-state index in [2.05, 4.69) is 4.98 Å². The average molecular weight is 233 g/mol. The van der Waals surface area contributed by atoms with Gasteiger partial charge >= 0.3 is 6.09 Å². The van der Waals surface area contributed by atoms with Gasteiger partial charge < -0.3 is 4.74 Å². The molecule has 4 nitrogen and oxygen atoms in total. The van der Waals surface area contributed by atoms with E-state index < -0.39 is 0 Å². The van der Waals surface area contributed by atoms with Crippen molar-refractivity contribution in [2.45, 2.75) is 12.4 Å². The Morgan fingerprint density at radius 2 is 2.57 bits per heavy atom. The molecular weight excluding hydrogens is 224 g/mol. The van der Waals surface area contributed by atoms with Gasteiger partial charge in [0, 0.05) is 5.38 Å². The van der Waals surface area contributed by atoms with Gasteiger partial charge in [0.15, 0.2) is 0 Å². The Hall–Kier alpha value is -0.810. The van der Waals surface area contributed by atoms with E-state index in [9.17, 15) is 4.79 Å². The first-order chi connectivity index (χ1) is 6.79. The van der Waals surface area contributed by atoms with Crippen molar-refractivity contribution in [3.63, 3.8) is 0 Å². The fourth-order valence-corrected chi connectivity index (χ4v) is 2.25. The maximum absolute atomic E-state index is 11.1. The lowest BCUT2D eigenvalue weighted by Crippen LogP contribution is -2.23. The maximum atomic E-state index is 11.1. The number of aromatic nitrogens is 1. The van der Waals surface area contributed by atoms with Gasteiger partial charge in [0.05, 0.1) is 24.7 Å². The second-order valence-electron chi connectivity index (χ2n) is 2.90. The van der Waals surface area contributed by atoms with Crippen molar-refractivity contribution in [2.75, 3.05) is 13.2 Å². The predicted octanol–water partition coefficient (Wildman–Crippen LogP) is 1.83. The number of ether oxygens (including phenoxy) is 1. The Labute approximate surface area is 90.4 Å². The van der Waals surface area contributed by atoms with E-state index in [4.69, 9.17) is 16.3 Å². The van der Waals surface area contributed by atoms with Crippen LogP contribution in [0.5, 0.6) is 0 Å². The van der Waals surface area contributed by atoms with Crippen LogP contribution in [0.3, 0.4) is 0 Å². The third-order valence-corrected chi connectivity index (χ3v) is 3.06. The summed E-state index contributed by atoms with van der Waals surface area (Å²) < 4.78 is 4.81. The van der Waals surface area contributed by atoms with E-state index in [1.54, 1.807) is 4.90 Å². The Kier molecular flexibility index (Phi) is 2.88. The molecule has 0 saturated carbocycles. The second kappa shape index (κ2) is 4.14. The van der Waals surface area contributed by atoms with E-state index in [0.29, 0.717) is 25.6 Å². The first kappa shape index (κ1) is 9.73. The molecule has 6 heteroatoms. The van der Waals surface area contributed by atoms with E-state index in [0.717, 1.165) is 10.7 Å². The minimum Gasteiger partial charge on any atom is -0.448 e. The van der Waals surface area contributed by atoms with E-state index in [1.165, 1.54) is 11.3 Å². The number of halogens is 1. The number of hydrogen-bond acceptors (Lipinski definition) is 4. The van der Waals surface area contributed by atoms with Gasteiger partial charge in [0.1, 0.15) is 11.6 Å². The highest BCUT2D eigenvalue weighted by atomic mass is 35.5. The smallest absolute Gasteiger partial charge is 0.410 e. The largest absolute Gasteiger partial charge is 0.448 e. The molecule has 0 spiro atoms. The van der Waals surface area contributed by atoms with Crippen molar-refractivity contribution in [1.82, 2.24) is 9.88 Å². The summed E-state index contributed by atoms with van der Waals surface area (Å²) >= 11 is 7.14. The van der Waals surface area contributed by atoms with Crippen LogP contribution in [0.2, 0.25) is 0 Å². The average Bonchev–Trinajstić information content (AvgIpc) is 2.77. The summed E-state index contributed by atoms with van der Waals surface area (Å²) in [4.78, 5) is 17.0. The topological polar surface area (TPSA) is 42.4 Å². The van der Waals surface area contributed by atoms with E-state index in [1.807, 2.05) is 5.38 Å². The molecule has 1 aromatic heterocycles. The zero-order valence-corrected chi connectivity index (χ0v) is 8.98. The standard InChI is InChI=1S/C8H9ClN2O2S/c9-3-6-5-14-7(10-6)4-11-1-2-13-8(11)12/h5H,1-4H2. The third-order valence-electron chi connectivity index (χ3n) is 1.91. The normalized spacial score (nSPS) is 16.1. The van der Waals surface area contributed by atoms with Crippen molar-refractivity contribution < 1.29 is 9.53 Å². The van der Waals surface area contributed by atoms with Gasteiger partial charge in [-0.2, -0.15) is 0 Å². The molecule has 0 aromatic carbocycles.